The van der Waals surface area contributed by atoms with Crippen LogP contribution < -0.4 is 4.57 Å². The summed E-state index contributed by atoms with van der Waals surface area (Å²) >= 11 is 1.44. The molecular weight excluding hydrogens is 384 g/mol. The number of benzene rings is 1. The lowest BCUT2D eigenvalue weighted by Crippen LogP contribution is -2.51. The van der Waals surface area contributed by atoms with E-state index in [9.17, 15) is 9.90 Å². The monoisotopic (exact) mass is 405 g/mol. The van der Waals surface area contributed by atoms with Crippen LogP contribution in [0.4, 0.5) is 4.79 Å². The molecule has 0 fully saturated rings. The van der Waals surface area contributed by atoms with Crippen LogP contribution in [0.5, 0.6) is 0 Å². The second kappa shape index (κ2) is 8.06. The Morgan fingerprint density at radius 3 is 2.83 bits per heavy atom. The Balaban J connectivity index is 1.75. The zero-order valence-corrected chi connectivity index (χ0v) is 17.1. The first-order chi connectivity index (χ1) is 14.1. The van der Waals surface area contributed by atoms with Gasteiger partial charge in [0, 0.05) is 23.6 Å². The fourth-order valence-corrected chi connectivity index (χ4v) is 4.11. The number of carbonyl (C=O) groups is 1. The van der Waals surface area contributed by atoms with Crippen molar-refractivity contribution in [1.82, 2.24) is 14.9 Å². The maximum Gasteiger partial charge on any atom is 0.441 e. The summed E-state index contributed by atoms with van der Waals surface area (Å²) in [5, 5.41) is 14.4. The average Bonchev–Trinajstić information content (AvgIpc) is 3.40. The number of aliphatic hydroxyl groups excluding tert-OH is 1. The summed E-state index contributed by atoms with van der Waals surface area (Å²) in [4.78, 5) is 23.4. The molecule has 0 atom stereocenters. The number of thiazole rings is 1. The van der Waals surface area contributed by atoms with Gasteiger partial charge in [-0.1, -0.05) is 12.1 Å². The molecule has 0 unspecified atom stereocenters. The van der Waals surface area contributed by atoms with Gasteiger partial charge in [-0.2, -0.15) is 6.07 Å². The molecule has 1 aromatic carbocycles. The van der Waals surface area contributed by atoms with Gasteiger partial charge in [0.25, 0.3) is 0 Å². The molecule has 0 saturated heterocycles. The van der Waals surface area contributed by atoms with Crippen LogP contribution in [0.2, 0.25) is 0 Å². The predicted molar refractivity (Wildman–Crippen MR) is 112 cm³/mol. The first-order valence-electron chi connectivity index (χ1n) is 9.46. The maximum atomic E-state index is 13.0. The van der Waals surface area contributed by atoms with Crippen molar-refractivity contribution >= 4 is 28.3 Å². The molecular formula is C22H21N4O2S-. The van der Waals surface area contributed by atoms with Crippen LogP contribution in [0.3, 0.4) is 0 Å². The summed E-state index contributed by atoms with van der Waals surface area (Å²) in [6, 6.07) is 11.2. The second-order valence-electron chi connectivity index (χ2n) is 6.51. The summed E-state index contributed by atoms with van der Waals surface area (Å²) in [7, 11) is 0. The van der Waals surface area contributed by atoms with Gasteiger partial charge in [0.15, 0.2) is 11.3 Å². The van der Waals surface area contributed by atoms with Gasteiger partial charge in [0.05, 0.1) is 13.1 Å². The van der Waals surface area contributed by atoms with Crippen molar-refractivity contribution in [3.8, 4) is 10.6 Å². The highest BCUT2D eigenvalue weighted by molar-refractivity contribution is 7.13. The highest BCUT2D eigenvalue weighted by Crippen LogP contribution is 2.31. The van der Waals surface area contributed by atoms with E-state index < -0.39 is 0 Å². The Labute approximate surface area is 173 Å². The minimum atomic E-state index is -0.112. The van der Waals surface area contributed by atoms with Gasteiger partial charge in [0.1, 0.15) is 5.38 Å². The number of rotatable bonds is 5. The van der Waals surface area contributed by atoms with E-state index in [-0.39, 0.29) is 12.1 Å². The smallest absolute Gasteiger partial charge is 0.419 e. The van der Waals surface area contributed by atoms with Crippen LogP contribution in [-0.4, -0.2) is 39.1 Å². The lowest BCUT2D eigenvalue weighted by molar-refractivity contribution is -0.548. The van der Waals surface area contributed by atoms with Crippen LogP contribution in [0.25, 0.3) is 21.5 Å². The number of hydrogen-bond donors (Lipinski definition) is 1. The van der Waals surface area contributed by atoms with E-state index in [0.29, 0.717) is 24.3 Å². The van der Waals surface area contributed by atoms with E-state index in [1.165, 1.54) is 11.3 Å². The van der Waals surface area contributed by atoms with Crippen molar-refractivity contribution in [3.05, 3.63) is 77.7 Å². The zero-order valence-electron chi connectivity index (χ0n) is 16.2. The molecule has 0 aliphatic carbocycles. The summed E-state index contributed by atoms with van der Waals surface area (Å²) in [5.74, 6) is 0. The molecule has 148 valence electrons. The number of aliphatic hydroxyl groups is 1. The van der Waals surface area contributed by atoms with Crippen LogP contribution >= 0.6 is 11.3 Å². The van der Waals surface area contributed by atoms with Crippen molar-refractivity contribution in [2.75, 3.05) is 13.1 Å². The number of aromatic nitrogens is 3. The fraction of sp³-hybridized carbons (Fsp3) is 0.182. The Hall–Kier alpha value is -3.16. The highest BCUT2D eigenvalue weighted by Gasteiger charge is 2.21. The lowest BCUT2D eigenvalue weighted by Gasteiger charge is -2.16. The summed E-state index contributed by atoms with van der Waals surface area (Å²) < 4.78 is 1.60. The molecule has 0 saturated carbocycles. The Kier molecular flexibility index (Phi) is 5.33. The minimum absolute atomic E-state index is 0.0543. The van der Waals surface area contributed by atoms with Crippen molar-refractivity contribution in [2.24, 2.45) is 0 Å². The third-order valence-corrected chi connectivity index (χ3v) is 5.75. The first-order valence-corrected chi connectivity index (χ1v) is 10.3. The summed E-state index contributed by atoms with van der Waals surface area (Å²) in [5.41, 5.74) is 2.72. The maximum absolute atomic E-state index is 13.0. The molecule has 3 heterocycles. The van der Waals surface area contributed by atoms with Crippen molar-refractivity contribution in [1.29, 1.82) is 0 Å². The van der Waals surface area contributed by atoms with Gasteiger partial charge in [-0.25, -0.2) is 4.79 Å². The molecule has 3 aromatic heterocycles. The van der Waals surface area contributed by atoms with Gasteiger partial charge in [-0.3, -0.25) is 14.5 Å². The molecule has 0 radical (unpaired) electrons. The van der Waals surface area contributed by atoms with E-state index in [1.807, 2.05) is 55.6 Å². The summed E-state index contributed by atoms with van der Waals surface area (Å²) in [6.45, 7) is 5.14. The molecule has 0 spiro atoms. The average molecular weight is 406 g/mol. The Bertz CT molecular complexity index is 1130. The normalized spacial score (nSPS) is 11.0. The van der Waals surface area contributed by atoms with Crippen molar-refractivity contribution in [3.63, 3.8) is 0 Å². The van der Waals surface area contributed by atoms with Crippen LogP contribution in [0, 0.1) is 6.10 Å². The van der Waals surface area contributed by atoms with Gasteiger partial charge in [0.2, 0.25) is 5.01 Å². The number of amides is 1. The molecule has 29 heavy (non-hydrogen) atoms. The van der Waals surface area contributed by atoms with Crippen LogP contribution in [0.15, 0.2) is 60.4 Å². The molecule has 6 nitrogen and oxygen atoms in total. The molecule has 0 aliphatic heterocycles. The molecule has 7 heteroatoms. The fourth-order valence-electron chi connectivity index (χ4n) is 3.32. The van der Waals surface area contributed by atoms with Gasteiger partial charge < -0.3 is 10.1 Å². The molecule has 4 aromatic rings. The van der Waals surface area contributed by atoms with Crippen LogP contribution in [-0.2, 0) is 0 Å². The third-order valence-electron chi connectivity index (χ3n) is 4.86. The molecule has 1 amide bonds. The Morgan fingerprint density at radius 1 is 1.28 bits per heavy atom. The topological polar surface area (TPSA) is 70.2 Å². The largest absolute Gasteiger partial charge is 0.441 e. The van der Waals surface area contributed by atoms with E-state index >= 15 is 0 Å². The number of fused-ring (bicyclic) bond motifs is 1. The van der Waals surface area contributed by atoms with Gasteiger partial charge >= 0.3 is 6.03 Å². The van der Waals surface area contributed by atoms with Gasteiger partial charge in [-0.05, 0) is 31.7 Å². The minimum Gasteiger partial charge on any atom is -0.419 e. The number of pyridine rings is 1. The van der Waals surface area contributed by atoms with Crippen molar-refractivity contribution < 1.29 is 14.5 Å². The lowest BCUT2D eigenvalue weighted by atomic mass is 10.1. The zero-order chi connectivity index (χ0) is 20.4. The van der Waals surface area contributed by atoms with Crippen molar-refractivity contribution in [2.45, 2.75) is 13.8 Å². The number of carbonyl (C=O) groups excluding carboxylic acids is 1. The van der Waals surface area contributed by atoms with Gasteiger partial charge in [-0.15, -0.1) is 29.1 Å². The second-order valence-corrected chi connectivity index (χ2v) is 7.37. The SMILES string of the molecule is CCN(CC)C(=O)[n+]1cc([C-](O)c2c[s+][c-](-c3cccnc3)n2)c2cccc[c-]21. The Morgan fingerprint density at radius 2 is 2.10 bits per heavy atom. The predicted octanol–water partition coefficient (Wildman–Crippen LogP) is 3.98. The first kappa shape index (κ1) is 19.2. The molecule has 1 N–H and O–H groups in total. The highest BCUT2D eigenvalue weighted by atomic mass is 32.1. The molecule has 0 bridgehead atoms. The van der Waals surface area contributed by atoms with E-state index in [2.05, 4.69) is 9.97 Å². The van der Waals surface area contributed by atoms with E-state index in [4.69, 9.17) is 0 Å². The summed E-state index contributed by atoms with van der Waals surface area (Å²) in [6.07, 6.45) is 5.21. The number of nitrogens with zero attached hydrogens (tertiary/aromatic N) is 4. The molecule has 0 aliphatic rings. The van der Waals surface area contributed by atoms with E-state index in [1.54, 1.807) is 28.1 Å². The molecule has 4 rings (SSSR count). The van der Waals surface area contributed by atoms with E-state index in [0.717, 1.165) is 21.5 Å². The standard InChI is InChI=1S/C22H21N4O2S/c1-3-25(4-2)22(28)26-13-17(16-9-5-6-10-19(16)26)20(27)18-14-29-21(24-18)15-8-7-11-23-12-15/h5-14,27H,3-4H2,1-2H3/q-1. The van der Waals surface area contributed by atoms with Crippen LogP contribution in [0.1, 0.15) is 25.1 Å². The number of hydrogen-bond acceptors (Lipinski definition) is 4. The third kappa shape index (κ3) is 3.50. The number of para-hydroxylation sites is 1. The quantitative estimate of drug-likeness (QED) is 0.310.